The molecule has 0 aliphatic carbocycles. The quantitative estimate of drug-likeness (QED) is 0.246. The number of halogens is 1. The van der Waals surface area contributed by atoms with Gasteiger partial charge in [0.05, 0.1) is 24.2 Å². The molecule has 0 saturated carbocycles. The molecule has 0 radical (unpaired) electrons. The highest BCUT2D eigenvalue weighted by atomic mass is 127. The van der Waals surface area contributed by atoms with E-state index in [4.69, 9.17) is 14.6 Å². The Kier molecular flexibility index (Phi) is 11.1. The predicted octanol–water partition coefficient (Wildman–Crippen LogP) is 3.18. The largest absolute Gasteiger partial charge is 0.490 e. The van der Waals surface area contributed by atoms with Crippen LogP contribution in [0, 0.1) is 0 Å². The number of sulfonamides is 1. The first-order chi connectivity index (χ1) is 14.3. The standard InChI is InChI=1S/C21H30N4O4S.HI/c1-5-28-19-11-10-17(13-20(19)29-6-2)15(3)25-21(23-4)24-14-16-8-7-9-18(12-16)30(22,26)27;/h7-13,15H,5-6,14H2,1-4H3,(H2,22,26,27)(H2,23,24,25);1H. The number of benzene rings is 2. The number of primary sulfonamides is 1. The van der Waals surface area contributed by atoms with Gasteiger partial charge in [-0.25, -0.2) is 13.6 Å². The summed E-state index contributed by atoms with van der Waals surface area (Å²) in [7, 11) is -2.06. The van der Waals surface area contributed by atoms with Gasteiger partial charge in [-0.1, -0.05) is 18.2 Å². The van der Waals surface area contributed by atoms with E-state index < -0.39 is 10.0 Å². The van der Waals surface area contributed by atoms with Gasteiger partial charge >= 0.3 is 0 Å². The predicted molar refractivity (Wildman–Crippen MR) is 134 cm³/mol. The van der Waals surface area contributed by atoms with E-state index in [2.05, 4.69) is 15.6 Å². The van der Waals surface area contributed by atoms with Crippen molar-refractivity contribution < 1.29 is 17.9 Å². The molecule has 1 atom stereocenters. The van der Waals surface area contributed by atoms with Crippen LogP contribution in [0.15, 0.2) is 52.4 Å². The van der Waals surface area contributed by atoms with E-state index in [1.807, 2.05) is 45.0 Å². The van der Waals surface area contributed by atoms with Crippen molar-refractivity contribution >= 4 is 40.0 Å². The van der Waals surface area contributed by atoms with Crippen LogP contribution in [0.3, 0.4) is 0 Å². The summed E-state index contributed by atoms with van der Waals surface area (Å²) >= 11 is 0. The van der Waals surface area contributed by atoms with Gasteiger partial charge in [0, 0.05) is 13.6 Å². The van der Waals surface area contributed by atoms with Gasteiger partial charge in [-0.05, 0) is 56.2 Å². The number of nitrogens with two attached hydrogens (primary N) is 1. The van der Waals surface area contributed by atoms with Gasteiger partial charge in [0.1, 0.15) is 0 Å². The molecule has 2 rings (SSSR count). The molecule has 0 aromatic heterocycles. The van der Waals surface area contributed by atoms with Gasteiger partial charge < -0.3 is 20.1 Å². The number of nitrogens with zero attached hydrogens (tertiary/aromatic N) is 1. The van der Waals surface area contributed by atoms with Crippen LogP contribution in [0.1, 0.15) is 37.9 Å². The Hall–Kier alpha value is -2.05. The lowest BCUT2D eigenvalue weighted by atomic mass is 10.1. The zero-order chi connectivity index (χ0) is 22.1. The van der Waals surface area contributed by atoms with E-state index in [1.54, 1.807) is 19.2 Å². The molecule has 0 bridgehead atoms. The highest BCUT2D eigenvalue weighted by Crippen LogP contribution is 2.30. The van der Waals surface area contributed by atoms with E-state index in [0.29, 0.717) is 37.2 Å². The zero-order valence-corrected chi connectivity index (χ0v) is 21.4. The van der Waals surface area contributed by atoms with Crippen molar-refractivity contribution in [2.24, 2.45) is 10.1 Å². The van der Waals surface area contributed by atoms with Crippen LogP contribution in [0.25, 0.3) is 0 Å². The first-order valence-electron chi connectivity index (χ1n) is 9.77. The molecule has 0 heterocycles. The van der Waals surface area contributed by atoms with Crippen LogP contribution in [0.4, 0.5) is 0 Å². The average molecular weight is 562 g/mol. The molecule has 0 fully saturated rings. The summed E-state index contributed by atoms with van der Waals surface area (Å²) in [5, 5.41) is 11.7. The van der Waals surface area contributed by atoms with Crippen molar-refractivity contribution in [2.45, 2.75) is 38.3 Å². The third-order valence-corrected chi connectivity index (χ3v) is 5.24. The first kappa shape index (κ1) is 27.0. The van der Waals surface area contributed by atoms with E-state index in [0.717, 1.165) is 11.1 Å². The van der Waals surface area contributed by atoms with Crippen molar-refractivity contribution in [3.8, 4) is 11.5 Å². The summed E-state index contributed by atoms with van der Waals surface area (Å²) in [4.78, 5) is 4.32. The number of rotatable bonds is 9. The summed E-state index contributed by atoms with van der Waals surface area (Å²) in [5.41, 5.74) is 1.79. The molecular weight excluding hydrogens is 531 g/mol. The Morgan fingerprint density at radius 2 is 1.77 bits per heavy atom. The molecular formula is C21H31IN4O4S. The van der Waals surface area contributed by atoms with E-state index in [-0.39, 0.29) is 34.9 Å². The van der Waals surface area contributed by atoms with E-state index in [9.17, 15) is 8.42 Å². The SMILES string of the molecule is CCOc1ccc(C(C)NC(=NC)NCc2cccc(S(N)(=O)=O)c2)cc1OCC.I. The van der Waals surface area contributed by atoms with Gasteiger partial charge in [-0.2, -0.15) is 0 Å². The first-order valence-corrected chi connectivity index (χ1v) is 11.3. The van der Waals surface area contributed by atoms with Gasteiger partial charge in [-0.3, -0.25) is 4.99 Å². The molecule has 2 aromatic carbocycles. The Labute approximate surface area is 201 Å². The Morgan fingerprint density at radius 3 is 2.39 bits per heavy atom. The van der Waals surface area contributed by atoms with E-state index >= 15 is 0 Å². The Balaban J connectivity index is 0.00000480. The van der Waals surface area contributed by atoms with Gasteiger partial charge in [0.25, 0.3) is 0 Å². The van der Waals surface area contributed by atoms with Gasteiger partial charge in [0.2, 0.25) is 10.0 Å². The topological polar surface area (TPSA) is 115 Å². The molecule has 8 nitrogen and oxygen atoms in total. The smallest absolute Gasteiger partial charge is 0.238 e. The Bertz CT molecular complexity index is 983. The molecule has 0 amide bonds. The highest BCUT2D eigenvalue weighted by molar-refractivity contribution is 14.0. The van der Waals surface area contributed by atoms with Crippen molar-refractivity contribution in [3.63, 3.8) is 0 Å². The monoisotopic (exact) mass is 562 g/mol. The molecule has 0 aliphatic rings. The van der Waals surface area contributed by atoms with Crippen molar-refractivity contribution in [1.29, 1.82) is 0 Å². The van der Waals surface area contributed by atoms with Crippen molar-refractivity contribution in [2.75, 3.05) is 20.3 Å². The lowest BCUT2D eigenvalue weighted by Gasteiger charge is -2.20. The third-order valence-electron chi connectivity index (χ3n) is 4.33. The fraction of sp³-hybridized carbons (Fsp3) is 0.381. The van der Waals surface area contributed by atoms with Crippen LogP contribution in [0.2, 0.25) is 0 Å². The lowest BCUT2D eigenvalue weighted by molar-refractivity contribution is 0.287. The number of aliphatic imine (C=N–C) groups is 1. The molecule has 2 aromatic rings. The molecule has 31 heavy (non-hydrogen) atoms. The summed E-state index contributed by atoms with van der Waals surface area (Å²) in [6.07, 6.45) is 0. The van der Waals surface area contributed by atoms with Crippen LogP contribution in [-0.2, 0) is 16.6 Å². The molecule has 1 unspecified atom stereocenters. The molecule has 4 N–H and O–H groups in total. The van der Waals surface area contributed by atoms with Crippen molar-refractivity contribution in [1.82, 2.24) is 10.6 Å². The second kappa shape index (κ2) is 12.7. The number of nitrogens with one attached hydrogen (secondary N) is 2. The Morgan fingerprint density at radius 1 is 1.10 bits per heavy atom. The summed E-state index contributed by atoms with van der Waals surface area (Å²) in [6.45, 7) is 7.38. The van der Waals surface area contributed by atoms with Crippen LogP contribution >= 0.6 is 24.0 Å². The third kappa shape index (κ3) is 8.19. The normalized spacial score (nSPS) is 12.5. The fourth-order valence-corrected chi connectivity index (χ4v) is 3.42. The van der Waals surface area contributed by atoms with Crippen LogP contribution < -0.4 is 25.2 Å². The second-order valence-corrected chi connectivity index (χ2v) is 8.12. The molecule has 10 heteroatoms. The minimum Gasteiger partial charge on any atom is -0.490 e. The number of hydrogen-bond acceptors (Lipinski definition) is 5. The maximum atomic E-state index is 11.5. The highest BCUT2D eigenvalue weighted by Gasteiger charge is 2.13. The van der Waals surface area contributed by atoms with Gasteiger partial charge in [0.15, 0.2) is 17.5 Å². The number of guanidine groups is 1. The van der Waals surface area contributed by atoms with Gasteiger partial charge in [-0.15, -0.1) is 24.0 Å². The summed E-state index contributed by atoms with van der Waals surface area (Å²) in [5.74, 6) is 2.00. The minimum atomic E-state index is -3.74. The summed E-state index contributed by atoms with van der Waals surface area (Å²) < 4.78 is 34.4. The molecule has 0 spiro atoms. The molecule has 0 saturated heterocycles. The summed E-state index contributed by atoms with van der Waals surface area (Å²) in [6, 6.07) is 12.3. The molecule has 172 valence electrons. The fourth-order valence-electron chi connectivity index (χ4n) is 2.84. The second-order valence-electron chi connectivity index (χ2n) is 6.56. The van der Waals surface area contributed by atoms with Crippen LogP contribution in [-0.4, -0.2) is 34.6 Å². The van der Waals surface area contributed by atoms with Crippen LogP contribution in [0.5, 0.6) is 11.5 Å². The number of ether oxygens (including phenoxy) is 2. The van der Waals surface area contributed by atoms with Crippen molar-refractivity contribution in [3.05, 3.63) is 53.6 Å². The number of hydrogen-bond donors (Lipinski definition) is 3. The molecule has 0 aliphatic heterocycles. The average Bonchev–Trinajstić information content (AvgIpc) is 2.72. The maximum absolute atomic E-state index is 11.5. The zero-order valence-electron chi connectivity index (χ0n) is 18.2. The minimum absolute atomic E-state index is 0. The van der Waals surface area contributed by atoms with E-state index in [1.165, 1.54) is 6.07 Å². The lowest BCUT2D eigenvalue weighted by Crippen LogP contribution is -2.38. The maximum Gasteiger partial charge on any atom is 0.238 e.